The first-order valence-corrected chi connectivity index (χ1v) is 9.15. The highest BCUT2D eigenvalue weighted by molar-refractivity contribution is 7.92. The minimum atomic E-state index is -3.34. The lowest BCUT2D eigenvalue weighted by molar-refractivity contribution is 0.104. The van der Waals surface area contributed by atoms with Crippen LogP contribution in [0.1, 0.15) is 15.9 Å². The highest BCUT2D eigenvalue weighted by Crippen LogP contribution is 2.23. The van der Waals surface area contributed by atoms with Crippen LogP contribution in [0.2, 0.25) is 10.0 Å². The first kappa shape index (κ1) is 17.5. The third-order valence-corrected chi connectivity index (χ3v) is 4.19. The van der Waals surface area contributed by atoms with E-state index in [-0.39, 0.29) is 5.78 Å². The lowest BCUT2D eigenvalue weighted by atomic mass is 10.1. The molecule has 0 aliphatic heterocycles. The number of hydrogen-bond donors (Lipinski definition) is 1. The standard InChI is InChI=1S/C16H13Cl2NO3S/c1-23(21,22)19-13-6-4-12(5-7-13)16(20)9-3-11-2-8-14(17)15(18)10-11/h2-10,19H,1H3/b9-3+. The van der Waals surface area contributed by atoms with E-state index in [0.717, 1.165) is 11.8 Å². The van der Waals surface area contributed by atoms with Crippen LogP contribution in [-0.2, 0) is 10.0 Å². The van der Waals surface area contributed by atoms with Crippen molar-refractivity contribution in [1.82, 2.24) is 0 Å². The molecule has 0 fully saturated rings. The molecule has 0 amide bonds. The molecule has 1 N–H and O–H groups in total. The Balaban J connectivity index is 2.11. The molecule has 0 aliphatic rings. The van der Waals surface area contributed by atoms with Crippen molar-refractivity contribution in [3.8, 4) is 0 Å². The molecule has 2 aromatic carbocycles. The Morgan fingerprint density at radius 2 is 1.70 bits per heavy atom. The third-order valence-electron chi connectivity index (χ3n) is 2.84. The van der Waals surface area contributed by atoms with Crippen LogP contribution in [0, 0.1) is 0 Å². The maximum Gasteiger partial charge on any atom is 0.229 e. The Bertz CT molecular complexity index is 859. The highest BCUT2D eigenvalue weighted by atomic mass is 35.5. The number of nitrogens with one attached hydrogen (secondary N) is 1. The molecule has 7 heteroatoms. The van der Waals surface area contributed by atoms with Gasteiger partial charge in [0.1, 0.15) is 0 Å². The minimum absolute atomic E-state index is 0.207. The van der Waals surface area contributed by atoms with E-state index in [1.165, 1.54) is 18.2 Å². The summed E-state index contributed by atoms with van der Waals surface area (Å²) in [6.45, 7) is 0. The second kappa shape index (κ2) is 7.17. The van der Waals surface area contributed by atoms with E-state index >= 15 is 0 Å². The van der Waals surface area contributed by atoms with E-state index in [0.29, 0.717) is 21.3 Å². The molecule has 0 aliphatic carbocycles. The zero-order chi connectivity index (χ0) is 17.0. The number of allylic oxidation sites excluding steroid dienone is 1. The van der Waals surface area contributed by atoms with Crippen LogP contribution in [0.3, 0.4) is 0 Å². The molecule has 0 saturated carbocycles. The molecular weight excluding hydrogens is 357 g/mol. The molecule has 0 saturated heterocycles. The van der Waals surface area contributed by atoms with Gasteiger partial charge < -0.3 is 0 Å². The van der Waals surface area contributed by atoms with Crippen molar-refractivity contribution in [2.45, 2.75) is 0 Å². The molecule has 0 unspecified atom stereocenters. The van der Waals surface area contributed by atoms with Crippen LogP contribution in [0.15, 0.2) is 48.5 Å². The van der Waals surface area contributed by atoms with E-state index in [2.05, 4.69) is 4.72 Å². The lowest BCUT2D eigenvalue weighted by Gasteiger charge is -2.04. The highest BCUT2D eigenvalue weighted by Gasteiger charge is 2.05. The van der Waals surface area contributed by atoms with Gasteiger partial charge >= 0.3 is 0 Å². The van der Waals surface area contributed by atoms with Gasteiger partial charge in [-0.1, -0.05) is 35.3 Å². The van der Waals surface area contributed by atoms with Crippen molar-refractivity contribution in [3.63, 3.8) is 0 Å². The fourth-order valence-electron chi connectivity index (χ4n) is 1.80. The smallest absolute Gasteiger partial charge is 0.229 e. The molecule has 0 radical (unpaired) electrons. The van der Waals surface area contributed by atoms with Crippen LogP contribution >= 0.6 is 23.2 Å². The predicted octanol–water partition coefficient (Wildman–Crippen LogP) is 4.26. The summed E-state index contributed by atoms with van der Waals surface area (Å²) in [4.78, 5) is 12.1. The van der Waals surface area contributed by atoms with Gasteiger partial charge in [-0.05, 0) is 48.0 Å². The average Bonchev–Trinajstić information content (AvgIpc) is 2.47. The number of ketones is 1. The SMILES string of the molecule is CS(=O)(=O)Nc1ccc(C(=O)/C=C/c2ccc(Cl)c(Cl)c2)cc1. The van der Waals surface area contributed by atoms with Gasteiger partial charge in [-0.3, -0.25) is 9.52 Å². The number of benzene rings is 2. The van der Waals surface area contributed by atoms with Gasteiger partial charge in [0.2, 0.25) is 10.0 Å². The molecule has 23 heavy (non-hydrogen) atoms. The van der Waals surface area contributed by atoms with Crippen LogP contribution in [-0.4, -0.2) is 20.5 Å². The molecule has 0 atom stereocenters. The average molecular weight is 370 g/mol. The Labute approximate surface area is 144 Å². The van der Waals surface area contributed by atoms with E-state index in [1.807, 2.05) is 0 Å². The normalized spacial score (nSPS) is 11.6. The second-order valence-electron chi connectivity index (χ2n) is 4.82. The molecule has 0 heterocycles. The van der Waals surface area contributed by atoms with E-state index < -0.39 is 10.0 Å². The lowest BCUT2D eigenvalue weighted by Crippen LogP contribution is -2.09. The monoisotopic (exact) mass is 369 g/mol. The van der Waals surface area contributed by atoms with Crippen molar-refractivity contribution in [2.75, 3.05) is 11.0 Å². The largest absolute Gasteiger partial charge is 0.289 e. The molecule has 0 spiro atoms. The molecule has 2 aromatic rings. The summed E-state index contributed by atoms with van der Waals surface area (Å²) in [5.74, 6) is -0.207. The Morgan fingerprint density at radius 1 is 1.04 bits per heavy atom. The van der Waals surface area contributed by atoms with Crippen LogP contribution in [0.4, 0.5) is 5.69 Å². The number of carbonyl (C=O) groups excluding carboxylic acids is 1. The Morgan fingerprint density at radius 3 is 2.26 bits per heavy atom. The van der Waals surface area contributed by atoms with E-state index in [1.54, 1.807) is 36.4 Å². The minimum Gasteiger partial charge on any atom is -0.289 e. The van der Waals surface area contributed by atoms with Crippen LogP contribution < -0.4 is 4.72 Å². The van der Waals surface area contributed by atoms with Gasteiger partial charge in [0, 0.05) is 11.3 Å². The first-order valence-electron chi connectivity index (χ1n) is 6.50. The van der Waals surface area contributed by atoms with Gasteiger partial charge in [0.05, 0.1) is 16.3 Å². The third kappa shape index (κ3) is 5.39. The molecule has 4 nitrogen and oxygen atoms in total. The summed E-state index contributed by atoms with van der Waals surface area (Å²) < 4.78 is 24.6. The summed E-state index contributed by atoms with van der Waals surface area (Å²) in [7, 11) is -3.34. The van der Waals surface area contributed by atoms with Crippen molar-refractivity contribution in [1.29, 1.82) is 0 Å². The number of hydrogen-bond acceptors (Lipinski definition) is 3. The predicted molar refractivity (Wildman–Crippen MR) is 94.7 cm³/mol. The van der Waals surface area contributed by atoms with E-state index in [9.17, 15) is 13.2 Å². The fourth-order valence-corrected chi connectivity index (χ4v) is 2.67. The maximum absolute atomic E-state index is 12.1. The molecular formula is C16H13Cl2NO3S. The van der Waals surface area contributed by atoms with Crippen molar-refractivity contribution in [3.05, 3.63) is 69.7 Å². The van der Waals surface area contributed by atoms with Crippen molar-refractivity contribution < 1.29 is 13.2 Å². The summed E-state index contributed by atoms with van der Waals surface area (Å²) in [5.41, 5.74) is 1.60. The van der Waals surface area contributed by atoms with Gasteiger partial charge in [0.15, 0.2) is 5.78 Å². The summed E-state index contributed by atoms with van der Waals surface area (Å²) in [6.07, 6.45) is 4.11. The zero-order valence-corrected chi connectivity index (χ0v) is 14.4. The fraction of sp³-hybridized carbons (Fsp3) is 0.0625. The number of rotatable bonds is 5. The van der Waals surface area contributed by atoms with Gasteiger partial charge in [-0.15, -0.1) is 0 Å². The number of anilines is 1. The molecule has 0 bridgehead atoms. The molecule has 120 valence electrons. The van der Waals surface area contributed by atoms with Gasteiger partial charge in [-0.25, -0.2) is 8.42 Å². The summed E-state index contributed by atoms with van der Waals surface area (Å²) in [5, 5.41) is 0.863. The Kier molecular flexibility index (Phi) is 5.46. The topological polar surface area (TPSA) is 63.2 Å². The van der Waals surface area contributed by atoms with Crippen molar-refractivity contribution >= 4 is 50.8 Å². The van der Waals surface area contributed by atoms with Crippen LogP contribution in [0.5, 0.6) is 0 Å². The molecule has 2 rings (SSSR count). The number of carbonyl (C=O) groups is 1. The van der Waals surface area contributed by atoms with Crippen LogP contribution in [0.25, 0.3) is 6.08 Å². The quantitative estimate of drug-likeness (QED) is 0.632. The van der Waals surface area contributed by atoms with Crippen molar-refractivity contribution in [2.24, 2.45) is 0 Å². The first-order chi connectivity index (χ1) is 10.7. The Hall–Kier alpha value is -1.82. The maximum atomic E-state index is 12.1. The second-order valence-corrected chi connectivity index (χ2v) is 7.39. The van der Waals surface area contributed by atoms with E-state index in [4.69, 9.17) is 23.2 Å². The number of halogens is 2. The van der Waals surface area contributed by atoms with Gasteiger partial charge in [0.25, 0.3) is 0 Å². The summed E-state index contributed by atoms with van der Waals surface area (Å²) >= 11 is 11.7. The van der Waals surface area contributed by atoms with Gasteiger partial charge in [-0.2, -0.15) is 0 Å². The summed E-state index contributed by atoms with van der Waals surface area (Å²) in [6, 6.07) is 11.2. The number of sulfonamides is 1. The molecule has 0 aromatic heterocycles. The zero-order valence-electron chi connectivity index (χ0n) is 12.1.